The number of aliphatic hydroxyl groups is 1. The Kier molecular flexibility index (Phi) is 12.1. The van der Waals surface area contributed by atoms with Crippen LogP contribution < -0.4 is 0 Å². The Morgan fingerprint density at radius 2 is 1.25 bits per heavy atom. The molecule has 53 heavy (non-hydrogen) atoms. The number of benzene rings is 3. The molecule has 1 aliphatic rings. The number of rotatable bonds is 16. The van der Waals surface area contributed by atoms with Crippen molar-refractivity contribution in [1.29, 1.82) is 0 Å². The number of nitrogens with zero attached hydrogens (tertiary/aromatic N) is 2. The van der Waals surface area contributed by atoms with Crippen LogP contribution >= 0.6 is 0 Å². The number of allylic oxidation sites excluding steroid dienone is 2. The van der Waals surface area contributed by atoms with Crippen LogP contribution in [0.15, 0.2) is 113 Å². The van der Waals surface area contributed by atoms with Crippen LogP contribution in [0.3, 0.4) is 0 Å². The number of fused-ring (bicyclic) bond motifs is 2. The summed E-state index contributed by atoms with van der Waals surface area (Å²) in [5.41, 5.74) is 2.56. The van der Waals surface area contributed by atoms with Crippen molar-refractivity contribution in [2.45, 2.75) is 56.4 Å². The van der Waals surface area contributed by atoms with Crippen molar-refractivity contribution in [3.05, 3.63) is 122 Å². The second kappa shape index (κ2) is 17.3. The average molecular weight is 725 g/mol. The first-order valence-corrected chi connectivity index (χ1v) is 17.2. The van der Waals surface area contributed by atoms with Crippen LogP contribution in [0.25, 0.3) is 22.2 Å². The number of ether oxygens (including phenoxy) is 5. The van der Waals surface area contributed by atoms with Gasteiger partial charge < -0.3 is 37.6 Å². The number of oxazole rings is 2. The van der Waals surface area contributed by atoms with Gasteiger partial charge >= 0.3 is 17.9 Å². The molecule has 0 radical (unpaired) electrons. The third kappa shape index (κ3) is 8.71. The zero-order valence-corrected chi connectivity index (χ0v) is 29.1. The molecule has 0 saturated carbocycles. The molecule has 6 rings (SSSR count). The molecule has 3 heterocycles. The molecule has 1 N–H and O–H groups in total. The molecule has 0 aliphatic carbocycles. The normalized spacial score (nSPS) is 21.1. The van der Waals surface area contributed by atoms with E-state index in [0.29, 0.717) is 34.0 Å². The number of aromatic nitrogens is 2. The first-order chi connectivity index (χ1) is 25.8. The Hall–Kier alpha value is -5.63. The zero-order valence-electron chi connectivity index (χ0n) is 29.1. The number of carbonyl (C=O) groups is 3. The van der Waals surface area contributed by atoms with E-state index in [1.165, 1.54) is 7.11 Å². The third-order valence-electron chi connectivity index (χ3n) is 8.85. The van der Waals surface area contributed by atoms with E-state index in [0.717, 1.165) is 0 Å². The summed E-state index contributed by atoms with van der Waals surface area (Å²) >= 11 is 0. The van der Waals surface area contributed by atoms with Gasteiger partial charge in [0.1, 0.15) is 17.1 Å². The quantitative estimate of drug-likeness (QED) is 0.0764. The summed E-state index contributed by atoms with van der Waals surface area (Å²) in [5.74, 6) is -3.35. The standard InChI is InChI=1S/C40H40N2O11/c1-4-13-25(21-32-41-27-17-9-11-19-29(27)48-32)38(45)51-34-31(23-43)50-40(47-3)36(53-37(44)24-15-7-6-8-16-24)35(34)52-39(46)26(14-5-2)22-33-42-28-18-10-12-20-30(28)49-33/h4-12,15-20,25-26,31,34-36,40,43H,1-2,13-14,21-23H2,3H3/t25-,26-,31-,34-,35+,36-,40+/m1/s1. The molecule has 276 valence electrons. The smallest absolute Gasteiger partial charge is 0.338 e. The summed E-state index contributed by atoms with van der Waals surface area (Å²) in [4.78, 5) is 50.5. The van der Waals surface area contributed by atoms with E-state index >= 15 is 0 Å². The Balaban J connectivity index is 1.31. The van der Waals surface area contributed by atoms with E-state index in [-0.39, 0.29) is 31.2 Å². The van der Waals surface area contributed by atoms with Crippen LogP contribution in [0.5, 0.6) is 0 Å². The lowest BCUT2D eigenvalue weighted by Crippen LogP contribution is -2.63. The lowest BCUT2D eigenvalue weighted by Gasteiger charge is -2.44. The molecule has 13 heteroatoms. The van der Waals surface area contributed by atoms with E-state index in [4.69, 9.17) is 32.5 Å². The second-order valence-corrected chi connectivity index (χ2v) is 12.5. The second-order valence-electron chi connectivity index (χ2n) is 12.5. The lowest BCUT2D eigenvalue weighted by molar-refractivity contribution is -0.300. The van der Waals surface area contributed by atoms with Gasteiger partial charge in [-0.1, -0.05) is 54.6 Å². The summed E-state index contributed by atoms with van der Waals surface area (Å²) in [6.07, 6.45) is -3.41. The molecular formula is C40H40N2O11. The van der Waals surface area contributed by atoms with Gasteiger partial charge in [-0.15, -0.1) is 13.2 Å². The van der Waals surface area contributed by atoms with E-state index in [2.05, 4.69) is 23.1 Å². The lowest BCUT2D eigenvalue weighted by atomic mass is 9.96. The van der Waals surface area contributed by atoms with Crippen molar-refractivity contribution in [1.82, 2.24) is 9.97 Å². The summed E-state index contributed by atoms with van der Waals surface area (Å²) in [5, 5.41) is 10.5. The monoisotopic (exact) mass is 724 g/mol. The van der Waals surface area contributed by atoms with E-state index in [1.54, 1.807) is 66.7 Å². The van der Waals surface area contributed by atoms with Gasteiger partial charge in [-0.05, 0) is 49.2 Å². The molecule has 3 aromatic carbocycles. The van der Waals surface area contributed by atoms with Gasteiger partial charge in [0.2, 0.25) is 0 Å². The van der Waals surface area contributed by atoms with Crippen LogP contribution in [-0.2, 0) is 46.1 Å². The van der Waals surface area contributed by atoms with Gasteiger partial charge in [0.15, 0.2) is 47.5 Å². The Bertz CT molecular complexity index is 1970. The number of methoxy groups -OCH3 is 1. The molecule has 0 bridgehead atoms. The maximum Gasteiger partial charge on any atom is 0.338 e. The fraction of sp³-hybridized carbons (Fsp3) is 0.325. The zero-order chi connectivity index (χ0) is 37.3. The predicted molar refractivity (Wildman–Crippen MR) is 190 cm³/mol. The van der Waals surface area contributed by atoms with Gasteiger partial charge in [0.05, 0.1) is 24.0 Å². The molecule has 1 saturated heterocycles. The number of para-hydroxylation sites is 4. The molecule has 2 aromatic heterocycles. The summed E-state index contributed by atoms with van der Waals surface area (Å²) in [7, 11) is 1.31. The van der Waals surface area contributed by atoms with Crippen molar-refractivity contribution >= 4 is 40.1 Å². The Labute approximate surface area is 305 Å². The van der Waals surface area contributed by atoms with E-state index < -0.39 is 67.1 Å². The van der Waals surface area contributed by atoms with E-state index in [9.17, 15) is 19.5 Å². The fourth-order valence-corrected chi connectivity index (χ4v) is 6.21. The number of aliphatic hydroxyl groups excluding tert-OH is 1. The van der Waals surface area contributed by atoms with Crippen LogP contribution in [-0.4, -0.2) is 77.4 Å². The molecule has 1 aliphatic heterocycles. The minimum absolute atomic E-state index is 0.0464. The molecule has 0 amide bonds. The van der Waals surface area contributed by atoms with Gasteiger partial charge in [-0.2, -0.15) is 0 Å². The molecule has 5 aromatic rings. The maximum atomic E-state index is 14.1. The largest absolute Gasteiger partial charge is 0.455 e. The SMILES string of the molecule is C=CC[C@H](Cc1nc2ccccc2o1)C(=O)O[C@@H]1[C@@H](OC(=O)c2ccccc2)[C@@H](OC)O[C@H](CO)[C@H]1OC(=O)[C@H](CC=C)Cc1nc2ccccc2o1. The highest BCUT2D eigenvalue weighted by Crippen LogP contribution is 2.32. The molecule has 13 nitrogen and oxygen atoms in total. The van der Waals surface area contributed by atoms with E-state index in [1.807, 2.05) is 24.3 Å². The molecular weight excluding hydrogens is 684 g/mol. The predicted octanol–water partition coefficient (Wildman–Crippen LogP) is 5.55. The maximum absolute atomic E-state index is 14.1. The van der Waals surface area contributed by atoms with Crippen LogP contribution in [0, 0.1) is 11.8 Å². The molecule has 0 spiro atoms. The highest BCUT2D eigenvalue weighted by atomic mass is 16.7. The number of hydrogen-bond acceptors (Lipinski definition) is 13. The minimum atomic E-state index is -1.50. The Morgan fingerprint density at radius 1 is 0.736 bits per heavy atom. The highest BCUT2D eigenvalue weighted by Gasteiger charge is 2.53. The van der Waals surface area contributed by atoms with Gasteiger partial charge in [-0.3, -0.25) is 9.59 Å². The fourth-order valence-electron chi connectivity index (χ4n) is 6.21. The van der Waals surface area contributed by atoms with Gasteiger partial charge in [-0.25, -0.2) is 14.8 Å². The van der Waals surface area contributed by atoms with Crippen molar-refractivity contribution in [3.63, 3.8) is 0 Å². The van der Waals surface area contributed by atoms with Crippen LogP contribution in [0.2, 0.25) is 0 Å². The van der Waals surface area contributed by atoms with Crippen molar-refractivity contribution < 1.29 is 52.0 Å². The highest BCUT2D eigenvalue weighted by molar-refractivity contribution is 5.89. The number of hydrogen-bond donors (Lipinski definition) is 1. The van der Waals surface area contributed by atoms with Crippen LogP contribution in [0.1, 0.15) is 35.0 Å². The van der Waals surface area contributed by atoms with Crippen LogP contribution in [0.4, 0.5) is 0 Å². The number of carbonyl (C=O) groups excluding carboxylic acids is 3. The van der Waals surface area contributed by atoms with Crippen molar-refractivity contribution in [2.24, 2.45) is 11.8 Å². The number of esters is 3. The third-order valence-corrected chi connectivity index (χ3v) is 8.85. The molecule has 7 atom stereocenters. The van der Waals surface area contributed by atoms with Gasteiger partial charge in [0.25, 0.3) is 0 Å². The average Bonchev–Trinajstić information content (AvgIpc) is 3.79. The Morgan fingerprint density at radius 3 is 1.74 bits per heavy atom. The van der Waals surface area contributed by atoms with Crippen molar-refractivity contribution in [2.75, 3.05) is 13.7 Å². The first-order valence-electron chi connectivity index (χ1n) is 17.2. The summed E-state index contributed by atoms with van der Waals surface area (Å²) in [6, 6.07) is 22.6. The molecule has 0 unspecified atom stereocenters. The first kappa shape index (κ1) is 37.1. The van der Waals surface area contributed by atoms with Crippen molar-refractivity contribution in [3.8, 4) is 0 Å². The summed E-state index contributed by atoms with van der Waals surface area (Å²) < 4.78 is 41.4. The molecule has 1 fully saturated rings. The minimum Gasteiger partial charge on any atom is -0.455 e. The topological polar surface area (TPSA) is 170 Å². The van der Waals surface area contributed by atoms with Gasteiger partial charge in [0, 0.05) is 20.0 Å². The summed E-state index contributed by atoms with van der Waals surface area (Å²) in [6.45, 7) is 6.93.